The summed E-state index contributed by atoms with van der Waals surface area (Å²) >= 11 is 3.32. The van der Waals surface area contributed by atoms with E-state index in [2.05, 4.69) is 15.9 Å². The van der Waals surface area contributed by atoms with Crippen molar-refractivity contribution in [2.75, 3.05) is 20.8 Å². The normalized spacial score (nSPS) is 10.3. The second-order valence-electron chi connectivity index (χ2n) is 3.28. The predicted molar refractivity (Wildman–Crippen MR) is 64.6 cm³/mol. The number of rotatable bonds is 5. The zero-order valence-corrected chi connectivity index (χ0v) is 10.9. The highest BCUT2D eigenvalue weighted by Gasteiger charge is 2.18. The van der Waals surface area contributed by atoms with E-state index in [4.69, 9.17) is 15.2 Å². The van der Waals surface area contributed by atoms with Crippen LogP contribution in [0.4, 0.5) is 4.39 Å². The molecule has 0 radical (unpaired) electrons. The van der Waals surface area contributed by atoms with Gasteiger partial charge < -0.3 is 15.2 Å². The third-order valence-corrected chi connectivity index (χ3v) is 2.99. The first-order valence-electron chi connectivity index (χ1n) is 4.94. The van der Waals surface area contributed by atoms with Gasteiger partial charge in [0, 0.05) is 10.0 Å². The summed E-state index contributed by atoms with van der Waals surface area (Å²) in [7, 11) is 2.91. The van der Waals surface area contributed by atoms with E-state index in [1.807, 2.05) is 0 Å². The fourth-order valence-electron chi connectivity index (χ4n) is 1.54. The van der Waals surface area contributed by atoms with Gasteiger partial charge in [0.2, 0.25) is 0 Å². The van der Waals surface area contributed by atoms with Crippen LogP contribution in [-0.2, 0) is 6.42 Å². The Labute approximate surface area is 103 Å². The first-order valence-corrected chi connectivity index (χ1v) is 5.73. The molecule has 1 rings (SSSR count). The SMILES string of the molecule is COc1c(F)cc(Br)c(CCCN)c1OC. The van der Waals surface area contributed by atoms with E-state index in [1.165, 1.54) is 20.3 Å². The van der Waals surface area contributed by atoms with Crippen molar-refractivity contribution >= 4 is 15.9 Å². The minimum atomic E-state index is -0.442. The second-order valence-corrected chi connectivity index (χ2v) is 4.13. The van der Waals surface area contributed by atoms with Crippen molar-refractivity contribution in [1.82, 2.24) is 0 Å². The van der Waals surface area contributed by atoms with E-state index >= 15 is 0 Å². The lowest BCUT2D eigenvalue weighted by Crippen LogP contribution is -2.04. The summed E-state index contributed by atoms with van der Waals surface area (Å²) in [4.78, 5) is 0. The van der Waals surface area contributed by atoms with Crippen molar-refractivity contribution in [3.63, 3.8) is 0 Å². The molecule has 0 aromatic heterocycles. The van der Waals surface area contributed by atoms with E-state index in [0.29, 0.717) is 16.8 Å². The maximum atomic E-state index is 13.5. The van der Waals surface area contributed by atoms with Gasteiger partial charge in [-0.2, -0.15) is 0 Å². The second kappa shape index (κ2) is 6.06. The Morgan fingerprint density at radius 3 is 2.44 bits per heavy atom. The van der Waals surface area contributed by atoms with Crippen LogP contribution in [0.3, 0.4) is 0 Å². The minimum absolute atomic E-state index is 0.137. The highest BCUT2D eigenvalue weighted by Crippen LogP contribution is 2.39. The number of nitrogens with two attached hydrogens (primary N) is 1. The quantitative estimate of drug-likeness (QED) is 0.907. The van der Waals surface area contributed by atoms with E-state index in [1.54, 1.807) is 0 Å². The number of ether oxygens (including phenoxy) is 2. The number of hydrogen-bond donors (Lipinski definition) is 1. The van der Waals surface area contributed by atoms with Gasteiger partial charge in [-0.1, -0.05) is 15.9 Å². The molecule has 0 aliphatic heterocycles. The predicted octanol–water partition coefficient (Wildman–Crippen LogP) is 2.50. The molecule has 0 saturated carbocycles. The molecule has 0 unspecified atom stereocenters. The summed E-state index contributed by atoms with van der Waals surface area (Å²) in [6.07, 6.45) is 1.53. The van der Waals surface area contributed by atoms with Crippen LogP contribution >= 0.6 is 15.9 Å². The Morgan fingerprint density at radius 1 is 1.31 bits per heavy atom. The average molecular weight is 292 g/mol. The molecule has 0 aliphatic carbocycles. The molecule has 16 heavy (non-hydrogen) atoms. The van der Waals surface area contributed by atoms with Gasteiger partial charge in [-0.3, -0.25) is 0 Å². The molecule has 0 aliphatic rings. The lowest BCUT2D eigenvalue weighted by atomic mass is 10.1. The molecule has 1 aromatic rings. The first kappa shape index (κ1) is 13.3. The van der Waals surface area contributed by atoms with Crippen LogP contribution in [0.25, 0.3) is 0 Å². The number of hydrogen-bond acceptors (Lipinski definition) is 3. The van der Waals surface area contributed by atoms with Crippen molar-refractivity contribution in [3.8, 4) is 11.5 Å². The van der Waals surface area contributed by atoms with E-state index in [9.17, 15) is 4.39 Å². The van der Waals surface area contributed by atoms with Gasteiger partial charge in [0.05, 0.1) is 14.2 Å². The molecule has 2 N–H and O–H groups in total. The van der Waals surface area contributed by atoms with Crippen molar-refractivity contribution in [2.45, 2.75) is 12.8 Å². The van der Waals surface area contributed by atoms with Crippen molar-refractivity contribution < 1.29 is 13.9 Å². The zero-order chi connectivity index (χ0) is 12.1. The van der Waals surface area contributed by atoms with Crippen LogP contribution in [0.15, 0.2) is 10.5 Å². The summed E-state index contributed by atoms with van der Waals surface area (Å²) in [5, 5.41) is 0. The fourth-order valence-corrected chi connectivity index (χ4v) is 2.12. The Morgan fingerprint density at radius 2 is 1.94 bits per heavy atom. The zero-order valence-electron chi connectivity index (χ0n) is 9.35. The molecule has 90 valence electrons. The molecule has 1 aromatic carbocycles. The van der Waals surface area contributed by atoms with Gasteiger partial charge >= 0.3 is 0 Å². The lowest BCUT2D eigenvalue weighted by molar-refractivity contribution is 0.334. The van der Waals surface area contributed by atoms with Crippen LogP contribution in [0, 0.1) is 5.82 Å². The van der Waals surface area contributed by atoms with Gasteiger partial charge in [0.25, 0.3) is 0 Å². The van der Waals surface area contributed by atoms with Crippen molar-refractivity contribution in [1.29, 1.82) is 0 Å². The Kier molecular flexibility index (Phi) is 5.02. The summed E-state index contributed by atoms with van der Waals surface area (Å²) in [6, 6.07) is 1.38. The van der Waals surface area contributed by atoms with Gasteiger partial charge in [0.1, 0.15) is 0 Å². The molecule has 0 amide bonds. The summed E-state index contributed by atoms with van der Waals surface area (Å²) in [6.45, 7) is 0.579. The summed E-state index contributed by atoms with van der Waals surface area (Å²) in [5.74, 6) is 0.128. The average Bonchev–Trinajstić information content (AvgIpc) is 2.27. The summed E-state index contributed by atoms with van der Waals surface area (Å²) < 4.78 is 24.4. The van der Waals surface area contributed by atoms with Gasteiger partial charge in [-0.25, -0.2) is 4.39 Å². The number of benzene rings is 1. The summed E-state index contributed by atoms with van der Waals surface area (Å²) in [5.41, 5.74) is 6.34. The number of halogens is 2. The molecule has 5 heteroatoms. The van der Waals surface area contributed by atoms with E-state index in [-0.39, 0.29) is 5.75 Å². The topological polar surface area (TPSA) is 44.5 Å². The van der Waals surface area contributed by atoms with Crippen LogP contribution in [0.5, 0.6) is 11.5 Å². The lowest BCUT2D eigenvalue weighted by Gasteiger charge is -2.15. The molecular formula is C11H15BrFNO2. The molecule has 0 heterocycles. The molecular weight excluding hydrogens is 277 g/mol. The van der Waals surface area contributed by atoms with Gasteiger partial charge in [-0.05, 0) is 25.5 Å². The molecule has 3 nitrogen and oxygen atoms in total. The molecule has 0 fully saturated rings. The Balaban J connectivity index is 3.22. The van der Waals surface area contributed by atoms with E-state index < -0.39 is 5.82 Å². The molecule has 0 bridgehead atoms. The number of methoxy groups -OCH3 is 2. The third kappa shape index (κ3) is 2.65. The van der Waals surface area contributed by atoms with E-state index in [0.717, 1.165) is 18.4 Å². The Hall–Kier alpha value is -0.810. The minimum Gasteiger partial charge on any atom is -0.492 e. The molecule has 0 spiro atoms. The fraction of sp³-hybridized carbons (Fsp3) is 0.455. The highest BCUT2D eigenvalue weighted by molar-refractivity contribution is 9.10. The van der Waals surface area contributed by atoms with Gasteiger partial charge in [-0.15, -0.1) is 0 Å². The van der Waals surface area contributed by atoms with Crippen molar-refractivity contribution in [2.24, 2.45) is 5.73 Å². The first-order chi connectivity index (χ1) is 7.65. The maximum absolute atomic E-state index is 13.5. The Bertz CT molecular complexity index is 371. The smallest absolute Gasteiger partial charge is 0.197 e. The van der Waals surface area contributed by atoms with Crippen LogP contribution in [0.1, 0.15) is 12.0 Å². The van der Waals surface area contributed by atoms with Crippen LogP contribution in [-0.4, -0.2) is 20.8 Å². The maximum Gasteiger partial charge on any atom is 0.197 e. The molecule has 0 atom stereocenters. The molecule has 0 saturated heterocycles. The van der Waals surface area contributed by atoms with Crippen LogP contribution in [0.2, 0.25) is 0 Å². The third-order valence-electron chi connectivity index (χ3n) is 2.28. The van der Waals surface area contributed by atoms with Crippen molar-refractivity contribution in [3.05, 3.63) is 21.9 Å². The largest absolute Gasteiger partial charge is 0.492 e. The van der Waals surface area contributed by atoms with Gasteiger partial charge in [0.15, 0.2) is 17.3 Å². The standard InChI is InChI=1S/C11H15BrFNO2/c1-15-10-7(4-3-5-14)8(12)6-9(13)11(10)16-2/h6H,3-5,14H2,1-2H3. The monoisotopic (exact) mass is 291 g/mol. The highest BCUT2D eigenvalue weighted by atomic mass is 79.9. The van der Waals surface area contributed by atoms with Crippen LogP contribution < -0.4 is 15.2 Å².